The van der Waals surface area contributed by atoms with Crippen LogP contribution in [0.5, 0.6) is 0 Å². The largest absolute Gasteiger partial charge is 0.292 e. The van der Waals surface area contributed by atoms with E-state index in [1.54, 1.807) is 17.0 Å². The van der Waals surface area contributed by atoms with Crippen molar-refractivity contribution in [1.29, 1.82) is 0 Å². The van der Waals surface area contributed by atoms with Gasteiger partial charge in [-0.25, -0.2) is 14.4 Å². The molecule has 0 aliphatic carbocycles. The molecule has 0 bridgehead atoms. The van der Waals surface area contributed by atoms with E-state index in [0.29, 0.717) is 25.2 Å². The van der Waals surface area contributed by atoms with Gasteiger partial charge < -0.3 is 0 Å². The molecular weight excluding hydrogens is 407 g/mol. The van der Waals surface area contributed by atoms with Crippen LogP contribution in [0.1, 0.15) is 53.6 Å². The minimum Gasteiger partial charge on any atom is -0.292 e. The summed E-state index contributed by atoms with van der Waals surface area (Å²) in [6, 6.07) is 8.44. The molecule has 32 heavy (non-hydrogen) atoms. The van der Waals surface area contributed by atoms with E-state index in [4.69, 9.17) is 9.97 Å². The van der Waals surface area contributed by atoms with Gasteiger partial charge in [-0.15, -0.1) is 0 Å². The zero-order chi connectivity index (χ0) is 22.2. The molecule has 1 fully saturated rings. The smallest absolute Gasteiger partial charge is 0.228 e. The minimum atomic E-state index is -0.283. The number of benzene rings is 1. The Morgan fingerprint density at radius 2 is 1.91 bits per heavy atom. The lowest BCUT2D eigenvalue weighted by atomic mass is 10.0. The van der Waals surface area contributed by atoms with Gasteiger partial charge in [-0.05, 0) is 56.5 Å². The average Bonchev–Trinajstić information content (AvgIpc) is 3.41. The lowest BCUT2D eigenvalue weighted by Gasteiger charge is -2.31. The summed E-state index contributed by atoms with van der Waals surface area (Å²) in [6.07, 6.45) is 4.98. The molecule has 4 heterocycles. The van der Waals surface area contributed by atoms with Gasteiger partial charge in [-0.3, -0.25) is 19.3 Å². The van der Waals surface area contributed by atoms with Crippen molar-refractivity contribution in [3.05, 3.63) is 70.7 Å². The number of halogens is 1. The number of carbonyl (C=O) groups excluding carboxylic acids is 1. The fraction of sp³-hybridized carbons (Fsp3) is 0.417. The van der Waals surface area contributed by atoms with E-state index >= 15 is 0 Å². The Labute approximate surface area is 186 Å². The number of carbonyl (C=O) groups is 1. The number of likely N-dealkylation sites (tertiary alicyclic amines) is 1. The number of hydrogen-bond acceptors (Lipinski definition) is 5. The first kappa shape index (κ1) is 20.8. The Bertz CT molecular complexity index is 1140. The van der Waals surface area contributed by atoms with Crippen molar-refractivity contribution in [3.63, 3.8) is 0 Å². The third kappa shape index (κ3) is 3.90. The molecule has 2 aliphatic heterocycles. The standard InChI is InChI=1S/C24H27FN6O/c1-16-20-9-10-22(32)31(14-17-5-7-18(25)8-6-17)24(20)28-23(27-16)21-4-3-13-30(21)15-19-11-12-26-29(19)2/h5-8,11-12,21H,3-4,9-10,13-15H2,1-2H3. The molecule has 8 heteroatoms. The number of nitrogens with zero attached hydrogens (tertiary/aromatic N) is 6. The molecule has 1 aromatic carbocycles. The molecule has 1 atom stereocenters. The van der Waals surface area contributed by atoms with E-state index in [-0.39, 0.29) is 17.8 Å². The zero-order valence-corrected chi connectivity index (χ0v) is 18.5. The van der Waals surface area contributed by atoms with E-state index in [9.17, 15) is 9.18 Å². The van der Waals surface area contributed by atoms with Gasteiger partial charge in [0.05, 0.1) is 18.3 Å². The highest BCUT2D eigenvalue weighted by Crippen LogP contribution is 2.35. The number of hydrogen-bond donors (Lipinski definition) is 0. The fourth-order valence-electron chi connectivity index (χ4n) is 4.76. The second-order valence-electron chi connectivity index (χ2n) is 8.65. The van der Waals surface area contributed by atoms with Crippen molar-refractivity contribution in [1.82, 2.24) is 24.6 Å². The van der Waals surface area contributed by atoms with Gasteiger partial charge in [0.25, 0.3) is 0 Å². The van der Waals surface area contributed by atoms with Crippen molar-refractivity contribution in [2.24, 2.45) is 7.05 Å². The van der Waals surface area contributed by atoms with Crippen molar-refractivity contribution in [2.45, 2.75) is 51.7 Å². The highest BCUT2D eigenvalue weighted by atomic mass is 19.1. The number of anilines is 1. The predicted octanol–water partition coefficient (Wildman–Crippen LogP) is 3.47. The van der Waals surface area contributed by atoms with Crippen LogP contribution in [0.4, 0.5) is 10.2 Å². The van der Waals surface area contributed by atoms with Crippen molar-refractivity contribution in [3.8, 4) is 0 Å². The lowest BCUT2D eigenvalue weighted by molar-refractivity contribution is -0.119. The minimum absolute atomic E-state index is 0.0454. The van der Waals surface area contributed by atoms with Gasteiger partial charge in [0.15, 0.2) is 0 Å². The van der Waals surface area contributed by atoms with Crippen LogP contribution in [0.2, 0.25) is 0 Å². The highest BCUT2D eigenvalue weighted by Gasteiger charge is 2.33. The van der Waals surface area contributed by atoms with Crippen molar-refractivity contribution in [2.75, 3.05) is 11.4 Å². The van der Waals surface area contributed by atoms with Gasteiger partial charge in [0.1, 0.15) is 17.5 Å². The third-order valence-corrected chi connectivity index (χ3v) is 6.56. The summed E-state index contributed by atoms with van der Waals surface area (Å²) in [5.41, 5.74) is 4.00. The first-order valence-electron chi connectivity index (χ1n) is 11.1. The van der Waals surface area contributed by atoms with Crippen LogP contribution in [0.15, 0.2) is 36.5 Å². The summed E-state index contributed by atoms with van der Waals surface area (Å²) in [5.74, 6) is 1.25. The molecule has 0 radical (unpaired) electrons. The van der Waals surface area contributed by atoms with E-state index in [2.05, 4.69) is 10.00 Å². The van der Waals surface area contributed by atoms with Crippen LogP contribution >= 0.6 is 0 Å². The molecule has 0 spiro atoms. The predicted molar refractivity (Wildman–Crippen MR) is 118 cm³/mol. The maximum Gasteiger partial charge on any atom is 0.228 e. The third-order valence-electron chi connectivity index (χ3n) is 6.56. The molecule has 0 saturated carbocycles. The first-order chi connectivity index (χ1) is 15.5. The van der Waals surface area contributed by atoms with Crippen LogP contribution in [-0.4, -0.2) is 37.1 Å². The molecule has 2 aliphatic rings. The fourth-order valence-corrected chi connectivity index (χ4v) is 4.76. The summed E-state index contributed by atoms with van der Waals surface area (Å²) in [4.78, 5) is 26.8. The monoisotopic (exact) mass is 434 g/mol. The Balaban J connectivity index is 1.47. The Morgan fingerprint density at radius 3 is 2.66 bits per heavy atom. The van der Waals surface area contributed by atoms with E-state index < -0.39 is 0 Å². The maximum absolute atomic E-state index is 13.3. The Hall–Kier alpha value is -3.13. The normalized spacial score (nSPS) is 18.9. The number of amides is 1. The molecule has 166 valence electrons. The van der Waals surface area contributed by atoms with Crippen LogP contribution < -0.4 is 4.90 Å². The van der Waals surface area contributed by atoms with Gasteiger partial charge in [0.2, 0.25) is 5.91 Å². The highest BCUT2D eigenvalue weighted by molar-refractivity contribution is 5.95. The van der Waals surface area contributed by atoms with Gasteiger partial charge in [-0.1, -0.05) is 12.1 Å². The van der Waals surface area contributed by atoms with Gasteiger partial charge in [-0.2, -0.15) is 5.10 Å². The van der Waals surface area contributed by atoms with Crippen molar-refractivity contribution < 1.29 is 9.18 Å². The molecule has 3 aromatic rings. The summed E-state index contributed by atoms with van der Waals surface area (Å²) in [5, 5.41) is 4.28. The number of aromatic nitrogens is 4. The maximum atomic E-state index is 13.3. The molecule has 1 unspecified atom stereocenters. The molecule has 5 rings (SSSR count). The molecule has 2 aromatic heterocycles. The topological polar surface area (TPSA) is 67.2 Å². The second-order valence-corrected chi connectivity index (χ2v) is 8.65. The van der Waals surface area contributed by atoms with E-state index in [1.807, 2.05) is 30.9 Å². The van der Waals surface area contributed by atoms with Crippen LogP contribution in [0.3, 0.4) is 0 Å². The average molecular weight is 435 g/mol. The van der Waals surface area contributed by atoms with E-state index in [1.165, 1.54) is 12.1 Å². The van der Waals surface area contributed by atoms with Crippen LogP contribution in [0, 0.1) is 12.7 Å². The summed E-state index contributed by atoms with van der Waals surface area (Å²) in [6.45, 7) is 4.16. The zero-order valence-electron chi connectivity index (χ0n) is 18.5. The molecular formula is C24H27FN6O. The molecule has 1 amide bonds. The van der Waals surface area contributed by atoms with Crippen molar-refractivity contribution >= 4 is 11.7 Å². The molecule has 7 nitrogen and oxygen atoms in total. The second kappa shape index (κ2) is 8.43. The van der Waals surface area contributed by atoms with Gasteiger partial charge >= 0.3 is 0 Å². The first-order valence-corrected chi connectivity index (χ1v) is 11.1. The Kier molecular flexibility index (Phi) is 5.46. The Morgan fingerprint density at radius 1 is 1.09 bits per heavy atom. The number of fused-ring (bicyclic) bond motifs is 1. The van der Waals surface area contributed by atoms with Gasteiger partial charge in [0, 0.05) is 37.5 Å². The number of rotatable bonds is 5. The SMILES string of the molecule is Cc1nc(C2CCCN2Cc2ccnn2C)nc2c1CCC(=O)N2Cc1ccc(F)cc1. The quantitative estimate of drug-likeness (QED) is 0.615. The van der Waals surface area contributed by atoms with Crippen LogP contribution in [-0.2, 0) is 31.4 Å². The summed E-state index contributed by atoms with van der Waals surface area (Å²) in [7, 11) is 1.96. The summed E-state index contributed by atoms with van der Waals surface area (Å²) >= 11 is 0. The number of aryl methyl sites for hydroxylation is 2. The summed E-state index contributed by atoms with van der Waals surface area (Å²) < 4.78 is 15.2. The lowest BCUT2D eigenvalue weighted by Crippen LogP contribution is -2.37. The van der Waals surface area contributed by atoms with E-state index in [0.717, 1.165) is 54.3 Å². The molecule has 0 N–H and O–H groups in total. The molecule has 1 saturated heterocycles. The van der Waals surface area contributed by atoms with Crippen LogP contribution in [0.25, 0.3) is 0 Å².